The van der Waals surface area contributed by atoms with E-state index in [1.165, 1.54) is 12.1 Å². The van der Waals surface area contributed by atoms with Gasteiger partial charge in [-0.15, -0.1) is 0 Å². The number of rotatable bonds is 6. The fourth-order valence-electron chi connectivity index (χ4n) is 3.66. The normalized spacial score (nSPS) is 16.8. The Morgan fingerprint density at radius 1 is 0.871 bits per heavy atom. The molecule has 0 spiro atoms. The van der Waals surface area contributed by atoms with Crippen LogP contribution in [0.5, 0.6) is 0 Å². The molecule has 1 aliphatic rings. The molecule has 1 saturated heterocycles. The minimum absolute atomic E-state index is 0.0104. The van der Waals surface area contributed by atoms with Crippen LogP contribution in [-0.4, -0.2) is 30.6 Å². The number of carbonyl (C=O) groups excluding carboxylic acids is 2. The third-order valence-corrected chi connectivity index (χ3v) is 7.16. The largest absolute Gasteiger partial charge is 0.274 e. The zero-order chi connectivity index (χ0) is 22.0. The van der Waals surface area contributed by atoms with E-state index >= 15 is 0 Å². The average Bonchev–Trinajstić information content (AvgIpc) is 3.07. The van der Waals surface area contributed by atoms with Gasteiger partial charge in [0.1, 0.15) is 6.04 Å². The molecule has 0 aromatic heterocycles. The summed E-state index contributed by atoms with van der Waals surface area (Å²) >= 11 is 0. The number of hydrogen-bond acceptors (Lipinski definition) is 4. The number of nitrogens with zero attached hydrogens (tertiary/aromatic N) is 2. The van der Waals surface area contributed by atoms with Crippen molar-refractivity contribution in [3.8, 4) is 0 Å². The van der Waals surface area contributed by atoms with Crippen LogP contribution in [0.1, 0.15) is 17.5 Å². The van der Waals surface area contributed by atoms with Crippen molar-refractivity contribution in [2.45, 2.75) is 30.8 Å². The van der Waals surface area contributed by atoms with Crippen LogP contribution >= 0.6 is 0 Å². The number of imide groups is 1. The van der Waals surface area contributed by atoms with E-state index in [-0.39, 0.29) is 17.9 Å². The van der Waals surface area contributed by atoms with E-state index in [9.17, 15) is 18.0 Å². The van der Waals surface area contributed by atoms with Gasteiger partial charge in [0.05, 0.1) is 17.0 Å². The number of amides is 2. The summed E-state index contributed by atoms with van der Waals surface area (Å²) in [5.74, 6) is -0.954. The van der Waals surface area contributed by atoms with Crippen LogP contribution in [0.4, 0.5) is 5.69 Å². The summed E-state index contributed by atoms with van der Waals surface area (Å²) in [6.07, 6.45) is -0.203. The summed E-state index contributed by atoms with van der Waals surface area (Å²) in [6, 6.07) is 22.9. The van der Waals surface area contributed by atoms with Crippen LogP contribution < -0.4 is 4.90 Å². The molecule has 2 amide bonds. The molecule has 0 N–H and O–H groups in total. The van der Waals surface area contributed by atoms with Crippen LogP contribution in [0.25, 0.3) is 0 Å². The smallest absolute Gasteiger partial charge is 0.252 e. The number of benzene rings is 3. The topological polar surface area (TPSA) is 74.8 Å². The number of hydrogen-bond donors (Lipinski definition) is 0. The fourth-order valence-corrected chi connectivity index (χ4v) is 5.25. The second-order valence-electron chi connectivity index (χ2n) is 7.47. The monoisotopic (exact) mass is 434 g/mol. The molecule has 158 valence electrons. The number of aryl methyl sites for hydroxylation is 1. The van der Waals surface area contributed by atoms with Crippen molar-refractivity contribution in [2.75, 3.05) is 4.90 Å². The van der Waals surface area contributed by atoms with E-state index in [1.807, 2.05) is 37.3 Å². The zero-order valence-corrected chi connectivity index (χ0v) is 17.8. The molecule has 3 aromatic carbocycles. The van der Waals surface area contributed by atoms with Crippen molar-refractivity contribution in [3.05, 3.63) is 96.1 Å². The van der Waals surface area contributed by atoms with Gasteiger partial charge in [-0.1, -0.05) is 66.2 Å². The van der Waals surface area contributed by atoms with Gasteiger partial charge in [0.25, 0.3) is 5.91 Å². The summed E-state index contributed by atoms with van der Waals surface area (Å²) in [4.78, 5) is 27.3. The zero-order valence-electron chi connectivity index (χ0n) is 17.0. The highest BCUT2D eigenvalue weighted by atomic mass is 32.2. The maximum atomic E-state index is 13.5. The first-order chi connectivity index (χ1) is 14.9. The SMILES string of the molecule is Cc1ccc(N2C(=O)CC(N(Cc3ccccc3)S(=O)(=O)c3ccccc3)C2=O)cc1. The van der Waals surface area contributed by atoms with Gasteiger partial charge >= 0.3 is 0 Å². The van der Waals surface area contributed by atoms with Gasteiger partial charge in [0, 0.05) is 6.54 Å². The average molecular weight is 435 g/mol. The maximum absolute atomic E-state index is 13.5. The lowest BCUT2D eigenvalue weighted by Crippen LogP contribution is -2.45. The Morgan fingerprint density at radius 3 is 2.06 bits per heavy atom. The van der Waals surface area contributed by atoms with Gasteiger partial charge < -0.3 is 0 Å². The molecule has 0 bridgehead atoms. The standard InChI is InChI=1S/C24H22N2O4S/c1-18-12-14-20(15-13-18)26-23(27)16-22(24(26)28)25(17-19-8-4-2-5-9-19)31(29,30)21-10-6-3-7-11-21/h2-15,22H,16-17H2,1H3. The first-order valence-electron chi connectivity index (χ1n) is 9.92. The predicted octanol–water partition coefficient (Wildman–Crippen LogP) is 3.52. The first-order valence-corrected chi connectivity index (χ1v) is 11.4. The van der Waals surface area contributed by atoms with Crippen LogP contribution in [0.15, 0.2) is 89.8 Å². The van der Waals surface area contributed by atoms with Crippen molar-refractivity contribution in [1.82, 2.24) is 4.31 Å². The Hall–Kier alpha value is -3.29. The maximum Gasteiger partial charge on any atom is 0.252 e. The molecule has 1 atom stereocenters. The quantitative estimate of drug-likeness (QED) is 0.557. The van der Waals surface area contributed by atoms with Crippen molar-refractivity contribution in [3.63, 3.8) is 0 Å². The summed E-state index contributed by atoms with van der Waals surface area (Å²) in [7, 11) is -4.02. The highest BCUT2D eigenvalue weighted by Gasteiger charge is 2.46. The number of anilines is 1. The highest BCUT2D eigenvalue weighted by Crippen LogP contribution is 2.30. The summed E-state index contributed by atoms with van der Waals surface area (Å²) in [5, 5.41) is 0. The molecule has 1 heterocycles. The van der Waals surface area contributed by atoms with Crippen molar-refractivity contribution < 1.29 is 18.0 Å². The van der Waals surface area contributed by atoms with Crippen LogP contribution in [0.3, 0.4) is 0 Å². The number of sulfonamides is 1. The van der Waals surface area contributed by atoms with Crippen molar-refractivity contribution in [1.29, 1.82) is 0 Å². The molecule has 31 heavy (non-hydrogen) atoms. The Balaban J connectivity index is 1.74. The molecular weight excluding hydrogens is 412 g/mol. The third-order valence-electron chi connectivity index (χ3n) is 5.29. The molecule has 6 nitrogen and oxygen atoms in total. The Labute approximate surface area is 181 Å². The van der Waals surface area contributed by atoms with E-state index in [0.29, 0.717) is 5.69 Å². The molecule has 0 radical (unpaired) electrons. The Kier molecular flexibility index (Phi) is 5.71. The number of carbonyl (C=O) groups is 2. The minimum atomic E-state index is -4.02. The van der Waals surface area contributed by atoms with E-state index < -0.39 is 27.9 Å². The molecule has 4 rings (SSSR count). The Bertz CT molecular complexity index is 1190. The van der Waals surface area contributed by atoms with Crippen LogP contribution in [-0.2, 0) is 26.2 Å². The lowest BCUT2D eigenvalue weighted by Gasteiger charge is -2.27. The summed E-state index contributed by atoms with van der Waals surface area (Å²) < 4.78 is 28.2. The van der Waals surface area contributed by atoms with E-state index in [1.54, 1.807) is 42.5 Å². The fraction of sp³-hybridized carbons (Fsp3) is 0.167. The predicted molar refractivity (Wildman–Crippen MR) is 118 cm³/mol. The van der Waals surface area contributed by atoms with Gasteiger partial charge in [0.15, 0.2) is 0 Å². The lowest BCUT2D eigenvalue weighted by molar-refractivity contribution is -0.122. The first kappa shape index (κ1) is 21.0. The molecule has 0 saturated carbocycles. The highest BCUT2D eigenvalue weighted by molar-refractivity contribution is 7.89. The van der Waals surface area contributed by atoms with Gasteiger partial charge in [-0.3, -0.25) is 9.59 Å². The molecule has 1 fully saturated rings. The van der Waals surface area contributed by atoms with E-state index in [0.717, 1.165) is 20.3 Å². The van der Waals surface area contributed by atoms with Gasteiger partial charge in [-0.2, -0.15) is 4.31 Å². The lowest BCUT2D eigenvalue weighted by atomic mass is 10.2. The minimum Gasteiger partial charge on any atom is -0.274 e. The third kappa shape index (κ3) is 4.15. The van der Waals surface area contributed by atoms with Gasteiger partial charge in [-0.25, -0.2) is 13.3 Å². The van der Waals surface area contributed by atoms with Crippen molar-refractivity contribution >= 4 is 27.5 Å². The molecule has 0 aliphatic carbocycles. The second kappa shape index (κ2) is 8.45. The van der Waals surface area contributed by atoms with Crippen LogP contribution in [0, 0.1) is 6.92 Å². The summed E-state index contributed by atoms with van der Waals surface area (Å²) in [6.45, 7) is 1.90. The van der Waals surface area contributed by atoms with Crippen LogP contribution in [0.2, 0.25) is 0 Å². The van der Waals surface area contributed by atoms with E-state index in [4.69, 9.17) is 0 Å². The molecule has 1 unspecified atom stereocenters. The summed E-state index contributed by atoms with van der Waals surface area (Å²) in [5.41, 5.74) is 2.17. The molecular formula is C24H22N2O4S. The Morgan fingerprint density at radius 2 is 1.45 bits per heavy atom. The van der Waals surface area contributed by atoms with Gasteiger partial charge in [0.2, 0.25) is 15.9 Å². The van der Waals surface area contributed by atoms with E-state index in [2.05, 4.69) is 0 Å². The molecule has 3 aromatic rings. The molecule has 7 heteroatoms. The van der Waals surface area contributed by atoms with Crippen molar-refractivity contribution in [2.24, 2.45) is 0 Å². The molecule has 1 aliphatic heterocycles. The van der Waals surface area contributed by atoms with Gasteiger partial charge in [-0.05, 0) is 36.8 Å². The second-order valence-corrected chi connectivity index (χ2v) is 9.36.